The van der Waals surface area contributed by atoms with E-state index in [0.29, 0.717) is 11.3 Å². The van der Waals surface area contributed by atoms with Crippen LogP contribution >= 0.6 is 0 Å². The molecule has 11 heavy (non-hydrogen) atoms. The molecule has 0 unspecified atom stereocenters. The molecular formula is C7H9FN2O. The highest BCUT2D eigenvalue weighted by Gasteiger charge is 2.00. The van der Waals surface area contributed by atoms with Crippen LogP contribution in [0.5, 0.6) is 0 Å². The molecule has 0 aromatic carbocycles. The van der Waals surface area contributed by atoms with Crippen LogP contribution in [0, 0.1) is 5.95 Å². The van der Waals surface area contributed by atoms with E-state index < -0.39 is 5.95 Å². The second-order valence-electron chi connectivity index (χ2n) is 2.07. The Morgan fingerprint density at radius 3 is 3.00 bits per heavy atom. The van der Waals surface area contributed by atoms with Crippen LogP contribution in [0.1, 0.15) is 5.56 Å². The summed E-state index contributed by atoms with van der Waals surface area (Å²) in [6.45, 7) is -0.135. The van der Waals surface area contributed by atoms with Crippen molar-refractivity contribution in [3.05, 3.63) is 23.8 Å². The molecule has 0 aliphatic rings. The molecular weight excluding hydrogens is 147 g/mol. The summed E-state index contributed by atoms with van der Waals surface area (Å²) in [4.78, 5) is 3.39. The molecule has 0 saturated carbocycles. The van der Waals surface area contributed by atoms with Gasteiger partial charge in [0.2, 0.25) is 5.95 Å². The highest BCUT2D eigenvalue weighted by molar-refractivity contribution is 5.48. The molecule has 0 saturated heterocycles. The number of halogens is 1. The van der Waals surface area contributed by atoms with Crippen molar-refractivity contribution in [3.63, 3.8) is 0 Å². The van der Waals surface area contributed by atoms with Gasteiger partial charge in [0.15, 0.2) is 0 Å². The van der Waals surface area contributed by atoms with Gasteiger partial charge in [-0.1, -0.05) is 0 Å². The second-order valence-corrected chi connectivity index (χ2v) is 2.07. The molecule has 1 aromatic rings. The first-order chi connectivity index (χ1) is 5.27. The van der Waals surface area contributed by atoms with Crippen LogP contribution in [0.3, 0.4) is 0 Å². The summed E-state index contributed by atoms with van der Waals surface area (Å²) < 4.78 is 12.4. The van der Waals surface area contributed by atoms with Gasteiger partial charge < -0.3 is 10.4 Å². The first-order valence-corrected chi connectivity index (χ1v) is 3.21. The summed E-state index contributed by atoms with van der Waals surface area (Å²) in [5.41, 5.74) is 1.16. The Balaban J connectivity index is 3.06. The molecule has 60 valence electrons. The summed E-state index contributed by atoms with van der Waals surface area (Å²) >= 11 is 0. The van der Waals surface area contributed by atoms with E-state index in [1.807, 2.05) is 0 Å². The topological polar surface area (TPSA) is 45.2 Å². The molecule has 2 N–H and O–H groups in total. The monoisotopic (exact) mass is 156 g/mol. The zero-order chi connectivity index (χ0) is 8.27. The minimum absolute atomic E-state index is 0.135. The lowest BCUT2D eigenvalue weighted by Crippen LogP contribution is -1.97. The van der Waals surface area contributed by atoms with E-state index in [1.54, 1.807) is 7.05 Å². The lowest BCUT2D eigenvalue weighted by Gasteiger charge is -2.04. The smallest absolute Gasteiger partial charge is 0.214 e. The van der Waals surface area contributed by atoms with Gasteiger partial charge in [0.05, 0.1) is 6.61 Å². The molecule has 0 fully saturated rings. The van der Waals surface area contributed by atoms with Crippen molar-refractivity contribution in [3.8, 4) is 0 Å². The number of aromatic nitrogens is 1. The van der Waals surface area contributed by atoms with Crippen LogP contribution in [0.4, 0.5) is 10.1 Å². The zero-order valence-corrected chi connectivity index (χ0v) is 6.13. The highest BCUT2D eigenvalue weighted by Crippen LogP contribution is 2.13. The molecule has 3 nitrogen and oxygen atoms in total. The number of aliphatic hydroxyl groups is 1. The van der Waals surface area contributed by atoms with Gasteiger partial charge in [0.25, 0.3) is 0 Å². The fourth-order valence-electron chi connectivity index (χ4n) is 0.817. The number of nitrogens with one attached hydrogen (secondary N) is 1. The molecule has 1 heterocycles. The van der Waals surface area contributed by atoms with Gasteiger partial charge in [-0.15, -0.1) is 0 Å². The average molecular weight is 156 g/mol. The van der Waals surface area contributed by atoms with Crippen LogP contribution in [0.15, 0.2) is 12.3 Å². The van der Waals surface area contributed by atoms with Gasteiger partial charge in [-0.25, -0.2) is 4.98 Å². The summed E-state index contributed by atoms with van der Waals surface area (Å²) in [6, 6.07) is 1.24. The number of anilines is 1. The minimum Gasteiger partial charge on any atom is -0.392 e. The number of aliphatic hydroxyl groups excluding tert-OH is 1. The van der Waals surface area contributed by atoms with Crippen molar-refractivity contribution in [2.45, 2.75) is 6.61 Å². The fourth-order valence-corrected chi connectivity index (χ4v) is 0.817. The maximum absolute atomic E-state index is 12.4. The first-order valence-electron chi connectivity index (χ1n) is 3.21. The number of hydrogen-bond acceptors (Lipinski definition) is 3. The number of hydrogen-bond donors (Lipinski definition) is 2. The molecule has 0 radical (unpaired) electrons. The molecule has 1 aromatic heterocycles. The van der Waals surface area contributed by atoms with E-state index in [4.69, 9.17) is 5.11 Å². The van der Waals surface area contributed by atoms with E-state index in [1.165, 1.54) is 12.3 Å². The molecule has 0 aliphatic carbocycles. The van der Waals surface area contributed by atoms with E-state index >= 15 is 0 Å². The van der Waals surface area contributed by atoms with Crippen LogP contribution in [0.25, 0.3) is 0 Å². The van der Waals surface area contributed by atoms with Gasteiger partial charge in [-0.05, 0) is 0 Å². The molecule has 1 rings (SSSR count). The van der Waals surface area contributed by atoms with Crippen LogP contribution in [-0.2, 0) is 6.61 Å². The lowest BCUT2D eigenvalue weighted by molar-refractivity contribution is 0.281. The van der Waals surface area contributed by atoms with E-state index in [2.05, 4.69) is 10.3 Å². The molecule has 0 bridgehead atoms. The first kappa shape index (κ1) is 7.94. The zero-order valence-electron chi connectivity index (χ0n) is 6.13. The van der Waals surface area contributed by atoms with Gasteiger partial charge in [0.1, 0.15) is 0 Å². The Morgan fingerprint density at radius 1 is 1.73 bits per heavy atom. The van der Waals surface area contributed by atoms with Gasteiger partial charge >= 0.3 is 0 Å². The normalized spacial score (nSPS) is 9.73. The second kappa shape index (κ2) is 3.30. The fraction of sp³-hybridized carbons (Fsp3) is 0.286. The van der Waals surface area contributed by atoms with Crippen LogP contribution < -0.4 is 5.32 Å². The summed E-state index contributed by atoms with van der Waals surface area (Å²) in [7, 11) is 1.66. The van der Waals surface area contributed by atoms with Crippen molar-refractivity contribution in [1.82, 2.24) is 4.98 Å². The molecule has 0 amide bonds. The molecule has 0 atom stereocenters. The van der Waals surface area contributed by atoms with Gasteiger partial charge in [-0.2, -0.15) is 4.39 Å². The largest absolute Gasteiger partial charge is 0.392 e. The number of nitrogens with zero attached hydrogens (tertiary/aromatic N) is 1. The standard InChI is InChI=1S/C7H9FN2O/c1-9-6-2-7(8)10-3-5(6)4-11/h2-3,11H,4H2,1H3,(H,9,10). The average Bonchev–Trinajstić information content (AvgIpc) is 2.04. The van der Waals surface area contributed by atoms with Crippen molar-refractivity contribution < 1.29 is 9.50 Å². The van der Waals surface area contributed by atoms with Crippen molar-refractivity contribution in [1.29, 1.82) is 0 Å². The Kier molecular flexibility index (Phi) is 2.38. The minimum atomic E-state index is -0.549. The Morgan fingerprint density at radius 2 is 2.45 bits per heavy atom. The highest BCUT2D eigenvalue weighted by atomic mass is 19.1. The molecule has 0 aliphatic heterocycles. The quantitative estimate of drug-likeness (QED) is 0.621. The Labute approximate surface area is 63.9 Å². The number of pyridine rings is 1. The predicted molar refractivity (Wildman–Crippen MR) is 39.7 cm³/mol. The van der Waals surface area contributed by atoms with E-state index in [0.717, 1.165) is 0 Å². The third kappa shape index (κ3) is 1.65. The maximum Gasteiger partial charge on any atom is 0.214 e. The van der Waals surface area contributed by atoms with Crippen LogP contribution in [-0.4, -0.2) is 17.1 Å². The summed E-state index contributed by atoms with van der Waals surface area (Å²) in [5.74, 6) is -0.549. The van der Waals surface area contributed by atoms with Crippen molar-refractivity contribution in [2.24, 2.45) is 0 Å². The third-order valence-electron chi connectivity index (χ3n) is 1.39. The van der Waals surface area contributed by atoms with E-state index in [-0.39, 0.29) is 6.61 Å². The lowest BCUT2D eigenvalue weighted by atomic mass is 10.2. The Bertz CT molecular complexity index is 252. The van der Waals surface area contributed by atoms with Crippen molar-refractivity contribution in [2.75, 3.05) is 12.4 Å². The summed E-state index contributed by atoms with van der Waals surface area (Å²) in [5, 5.41) is 11.5. The SMILES string of the molecule is CNc1cc(F)ncc1CO. The molecule has 4 heteroatoms. The van der Waals surface area contributed by atoms with Crippen LogP contribution in [0.2, 0.25) is 0 Å². The Hall–Kier alpha value is -1.16. The number of rotatable bonds is 2. The van der Waals surface area contributed by atoms with E-state index in [9.17, 15) is 4.39 Å². The predicted octanol–water partition coefficient (Wildman–Crippen LogP) is 0.755. The van der Waals surface area contributed by atoms with Crippen molar-refractivity contribution >= 4 is 5.69 Å². The molecule has 0 spiro atoms. The van der Waals surface area contributed by atoms with Gasteiger partial charge in [-0.3, -0.25) is 0 Å². The summed E-state index contributed by atoms with van der Waals surface area (Å²) in [6.07, 6.45) is 1.31. The maximum atomic E-state index is 12.4. The van der Waals surface area contributed by atoms with Gasteiger partial charge in [0, 0.05) is 30.6 Å². The third-order valence-corrected chi connectivity index (χ3v) is 1.39.